The molecule has 0 radical (unpaired) electrons. The third kappa shape index (κ3) is 6.32. The summed E-state index contributed by atoms with van der Waals surface area (Å²) in [6.45, 7) is 15.1. The first kappa shape index (κ1) is 10.9. The van der Waals surface area contributed by atoms with Crippen molar-refractivity contribution in [2.24, 2.45) is 0 Å². The van der Waals surface area contributed by atoms with Gasteiger partial charge in [-0.05, 0) is 26.8 Å². The standard InChI is InChI=1S/C9H21NSi/c1-7-8-11(5,6)10-9(2,3)4/h7,10H,1,8H2,2-6H3. The van der Waals surface area contributed by atoms with E-state index in [1.165, 1.54) is 0 Å². The third-order valence-corrected chi connectivity index (χ3v) is 4.10. The Morgan fingerprint density at radius 3 is 2.09 bits per heavy atom. The molecular formula is C9H21NSi. The van der Waals surface area contributed by atoms with Gasteiger partial charge >= 0.3 is 0 Å². The molecule has 0 amide bonds. The molecule has 0 aliphatic rings. The molecule has 0 atom stereocenters. The average Bonchev–Trinajstić information content (AvgIpc) is 1.55. The van der Waals surface area contributed by atoms with Gasteiger partial charge in [-0.25, -0.2) is 0 Å². The predicted octanol–water partition coefficient (Wildman–Crippen LogP) is 2.77. The number of hydrogen-bond acceptors (Lipinski definition) is 1. The number of nitrogens with one attached hydrogen (secondary N) is 1. The van der Waals surface area contributed by atoms with Gasteiger partial charge in [-0.1, -0.05) is 19.2 Å². The van der Waals surface area contributed by atoms with E-state index in [1.807, 2.05) is 6.08 Å². The van der Waals surface area contributed by atoms with Crippen molar-refractivity contribution in [3.05, 3.63) is 12.7 Å². The Morgan fingerprint density at radius 2 is 1.82 bits per heavy atom. The molecule has 0 bridgehead atoms. The minimum Gasteiger partial charge on any atom is -0.332 e. The normalized spacial score (nSPS) is 13.2. The predicted molar refractivity (Wildman–Crippen MR) is 55.4 cm³/mol. The summed E-state index contributed by atoms with van der Waals surface area (Å²) < 4.78 is 0. The molecule has 0 aromatic carbocycles. The van der Waals surface area contributed by atoms with Gasteiger partial charge in [0.15, 0.2) is 0 Å². The lowest BCUT2D eigenvalue weighted by molar-refractivity contribution is 0.512. The van der Waals surface area contributed by atoms with E-state index in [4.69, 9.17) is 0 Å². The molecule has 0 rings (SSSR count). The number of rotatable bonds is 3. The van der Waals surface area contributed by atoms with Crippen molar-refractivity contribution in [1.29, 1.82) is 0 Å². The summed E-state index contributed by atoms with van der Waals surface area (Å²) in [4.78, 5) is 3.66. The highest BCUT2D eigenvalue weighted by Gasteiger charge is 2.24. The first-order valence-electron chi connectivity index (χ1n) is 4.17. The summed E-state index contributed by atoms with van der Waals surface area (Å²) in [6.07, 6.45) is 2.02. The molecule has 0 aliphatic carbocycles. The van der Waals surface area contributed by atoms with E-state index in [2.05, 4.69) is 45.4 Å². The highest BCUT2D eigenvalue weighted by molar-refractivity contribution is 6.75. The molecule has 0 spiro atoms. The fourth-order valence-corrected chi connectivity index (χ4v) is 4.28. The van der Waals surface area contributed by atoms with Crippen molar-refractivity contribution < 1.29 is 0 Å². The summed E-state index contributed by atoms with van der Waals surface area (Å²) in [6, 6.07) is 1.14. The van der Waals surface area contributed by atoms with Crippen LogP contribution in [-0.4, -0.2) is 13.8 Å². The second kappa shape index (κ2) is 3.54. The van der Waals surface area contributed by atoms with Crippen LogP contribution in [0.4, 0.5) is 0 Å². The van der Waals surface area contributed by atoms with Gasteiger partial charge in [0.05, 0.1) is 0 Å². The molecular weight excluding hydrogens is 150 g/mol. The maximum absolute atomic E-state index is 3.77. The Balaban J connectivity index is 4.00. The Morgan fingerprint density at radius 1 is 1.36 bits per heavy atom. The minimum absolute atomic E-state index is 0.249. The van der Waals surface area contributed by atoms with E-state index in [-0.39, 0.29) is 5.54 Å². The minimum atomic E-state index is -1.21. The molecule has 0 heterocycles. The topological polar surface area (TPSA) is 12.0 Å². The molecule has 1 nitrogen and oxygen atoms in total. The fraction of sp³-hybridized carbons (Fsp3) is 0.778. The molecule has 0 aromatic rings. The van der Waals surface area contributed by atoms with Crippen molar-refractivity contribution in [2.45, 2.75) is 45.4 Å². The molecule has 11 heavy (non-hydrogen) atoms. The Labute approximate surface area is 72.0 Å². The smallest absolute Gasteiger partial charge is 0.123 e. The van der Waals surface area contributed by atoms with Crippen molar-refractivity contribution in [3.8, 4) is 0 Å². The van der Waals surface area contributed by atoms with Gasteiger partial charge < -0.3 is 4.98 Å². The van der Waals surface area contributed by atoms with E-state index in [0.717, 1.165) is 6.04 Å². The molecule has 0 saturated heterocycles. The van der Waals surface area contributed by atoms with Crippen LogP contribution in [0.1, 0.15) is 20.8 Å². The lowest BCUT2D eigenvalue weighted by Crippen LogP contribution is -2.53. The van der Waals surface area contributed by atoms with E-state index in [0.29, 0.717) is 0 Å². The first-order chi connectivity index (χ1) is 4.77. The van der Waals surface area contributed by atoms with Gasteiger partial charge in [-0.2, -0.15) is 0 Å². The number of hydrogen-bond donors (Lipinski definition) is 1. The molecule has 0 aliphatic heterocycles. The van der Waals surface area contributed by atoms with E-state index >= 15 is 0 Å². The molecule has 66 valence electrons. The lowest BCUT2D eigenvalue weighted by atomic mass is 10.1. The molecule has 0 unspecified atom stereocenters. The zero-order chi connectivity index (χ0) is 9.12. The van der Waals surface area contributed by atoms with Crippen molar-refractivity contribution in [3.63, 3.8) is 0 Å². The van der Waals surface area contributed by atoms with Crippen LogP contribution < -0.4 is 4.98 Å². The van der Waals surface area contributed by atoms with Crippen molar-refractivity contribution >= 4 is 8.24 Å². The van der Waals surface area contributed by atoms with Crippen LogP contribution in [0.2, 0.25) is 19.1 Å². The zero-order valence-electron chi connectivity index (χ0n) is 8.49. The van der Waals surface area contributed by atoms with Crippen LogP contribution in [0.5, 0.6) is 0 Å². The molecule has 0 fully saturated rings. The van der Waals surface area contributed by atoms with Gasteiger partial charge in [0.2, 0.25) is 0 Å². The summed E-state index contributed by atoms with van der Waals surface area (Å²) in [5, 5.41) is 0. The SMILES string of the molecule is C=CC[Si](C)(C)NC(C)(C)C. The Hall–Kier alpha value is -0.0831. The summed E-state index contributed by atoms with van der Waals surface area (Å²) in [5.74, 6) is 0. The van der Waals surface area contributed by atoms with E-state index < -0.39 is 8.24 Å². The van der Waals surface area contributed by atoms with Crippen LogP contribution in [-0.2, 0) is 0 Å². The molecule has 1 N–H and O–H groups in total. The first-order valence-corrected chi connectivity index (χ1v) is 7.38. The third-order valence-electron chi connectivity index (χ3n) is 1.37. The van der Waals surface area contributed by atoms with Crippen molar-refractivity contribution in [1.82, 2.24) is 4.98 Å². The van der Waals surface area contributed by atoms with Crippen LogP contribution >= 0.6 is 0 Å². The summed E-state index contributed by atoms with van der Waals surface area (Å²) in [5.41, 5.74) is 0.249. The van der Waals surface area contributed by atoms with Gasteiger partial charge in [0.1, 0.15) is 8.24 Å². The molecule has 0 aromatic heterocycles. The average molecular weight is 171 g/mol. The van der Waals surface area contributed by atoms with Crippen LogP contribution in [0.25, 0.3) is 0 Å². The van der Waals surface area contributed by atoms with Gasteiger partial charge in [-0.3, -0.25) is 0 Å². The fourth-order valence-electron chi connectivity index (χ4n) is 1.43. The second-order valence-corrected chi connectivity index (χ2v) is 9.18. The largest absolute Gasteiger partial charge is 0.332 e. The van der Waals surface area contributed by atoms with Crippen LogP contribution in [0.15, 0.2) is 12.7 Å². The van der Waals surface area contributed by atoms with E-state index in [1.54, 1.807) is 0 Å². The lowest BCUT2D eigenvalue weighted by Gasteiger charge is -2.32. The maximum Gasteiger partial charge on any atom is 0.123 e. The number of allylic oxidation sites excluding steroid dienone is 1. The van der Waals surface area contributed by atoms with Crippen LogP contribution in [0.3, 0.4) is 0 Å². The summed E-state index contributed by atoms with van der Waals surface area (Å²) >= 11 is 0. The Kier molecular flexibility index (Phi) is 3.52. The van der Waals surface area contributed by atoms with Gasteiger partial charge in [0.25, 0.3) is 0 Å². The van der Waals surface area contributed by atoms with Crippen LogP contribution in [0, 0.1) is 0 Å². The molecule has 0 saturated carbocycles. The van der Waals surface area contributed by atoms with Gasteiger partial charge in [-0.15, -0.1) is 6.58 Å². The quantitative estimate of drug-likeness (QED) is 0.508. The van der Waals surface area contributed by atoms with Crippen molar-refractivity contribution in [2.75, 3.05) is 0 Å². The monoisotopic (exact) mass is 171 g/mol. The second-order valence-electron chi connectivity index (χ2n) is 4.75. The Bertz CT molecular complexity index is 133. The van der Waals surface area contributed by atoms with E-state index in [9.17, 15) is 0 Å². The summed E-state index contributed by atoms with van der Waals surface area (Å²) in [7, 11) is -1.21. The zero-order valence-corrected chi connectivity index (χ0v) is 9.49. The van der Waals surface area contributed by atoms with Gasteiger partial charge in [0, 0.05) is 5.54 Å². The molecule has 2 heteroatoms. The highest BCUT2D eigenvalue weighted by atomic mass is 28.3. The highest BCUT2D eigenvalue weighted by Crippen LogP contribution is 2.11. The maximum atomic E-state index is 3.77.